The lowest BCUT2D eigenvalue weighted by molar-refractivity contribution is -0.314. The molecule has 0 saturated carbocycles. The molecule has 18 nitrogen and oxygen atoms in total. The van der Waals surface area contributed by atoms with Crippen LogP contribution in [0.1, 0.15) is 108 Å². The number of carbonyl (C=O) groups is 4. The first-order valence-electron chi connectivity index (χ1n) is 22.4. The van der Waals surface area contributed by atoms with Gasteiger partial charge in [0.05, 0.1) is 54.3 Å². The summed E-state index contributed by atoms with van der Waals surface area (Å²) >= 11 is 0. The molecule has 0 unspecified atom stereocenters. The number of nitrogens with zero attached hydrogens (tertiary/aromatic N) is 1. The Balaban J connectivity index is 1.65. The topological polar surface area (TPSA) is 227 Å². The van der Waals surface area contributed by atoms with Crippen molar-refractivity contribution in [2.24, 2.45) is 29.4 Å². The number of amides is 1. The van der Waals surface area contributed by atoms with E-state index in [1.165, 1.54) is 18.9 Å². The lowest BCUT2D eigenvalue weighted by Gasteiger charge is -2.50. The van der Waals surface area contributed by atoms with Crippen LogP contribution < -0.4 is 5.73 Å². The van der Waals surface area contributed by atoms with Gasteiger partial charge in [-0.3, -0.25) is 14.4 Å². The van der Waals surface area contributed by atoms with Crippen molar-refractivity contribution in [2.45, 2.75) is 192 Å². The van der Waals surface area contributed by atoms with Gasteiger partial charge in [0.1, 0.15) is 32.9 Å². The van der Waals surface area contributed by atoms with E-state index in [-0.39, 0.29) is 49.9 Å². The van der Waals surface area contributed by atoms with E-state index < -0.39 is 129 Å². The van der Waals surface area contributed by atoms with Crippen molar-refractivity contribution in [3.8, 4) is 0 Å². The number of esters is 2. The number of hydrogen-bond donors (Lipinski definition) is 1. The number of cyclic esters (lactones) is 1. The van der Waals surface area contributed by atoms with Crippen LogP contribution in [0.2, 0.25) is 0 Å². The van der Waals surface area contributed by atoms with Crippen LogP contribution in [0.5, 0.6) is 0 Å². The molecule has 5 aliphatic rings. The summed E-state index contributed by atoms with van der Waals surface area (Å²) in [5.41, 5.74) is 2.23. The zero-order valence-electron chi connectivity index (χ0n) is 39.7. The number of rotatable bonds is 12. The normalized spacial score (nSPS) is 45.3. The fraction of sp³-hybridized carbons (Fsp3) is 0.909. The molecule has 5 saturated heterocycles. The number of methoxy groups -OCH3 is 2. The van der Waals surface area contributed by atoms with Crippen LogP contribution in [0.3, 0.4) is 0 Å². The molecular formula is C44H74N2O16S. The first-order chi connectivity index (χ1) is 29.2. The predicted octanol–water partition coefficient (Wildman–Crippen LogP) is 3.72. The number of sulfone groups is 1. The number of nitrogens with two attached hydrogens (primary N) is 1. The van der Waals surface area contributed by atoms with E-state index in [1.54, 1.807) is 48.7 Å². The van der Waals surface area contributed by atoms with Crippen molar-refractivity contribution >= 4 is 33.7 Å². The Morgan fingerprint density at radius 1 is 0.937 bits per heavy atom. The van der Waals surface area contributed by atoms with Crippen LogP contribution in [-0.4, -0.2) is 160 Å². The second kappa shape index (κ2) is 19.4. The van der Waals surface area contributed by atoms with Crippen LogP contribution >= 0.6 is 0 Å². The summed E-state index contributed by atoms with van der Waals surface area (Å²) in [5.74, 6) is -5.13. The highest BCUT2D eigenvalue weighted by Crippen LogP contribution is 2.52. The molecule has 0 aromatic rings. The number of fused-ring (bicyclic) bond motifs is 1. The number of Topliss-reactive ketones (excluding diaryl/α,β-unsaturated/α-hetero) is 1. The molecule has 5 heterocycles. The lowest BCUT2D eigenvalue weighted by Crippen LogP contribution is -2.62. The molecule has 0 bridgehead atoms. The van der Waals surface area contributed by atoms with Crippen LogP contribution in [-0.2, 0) is 71.6 Å². The van der Waals surface area contributed by atoms with E-state index in [0.717, 1.165) is 6.26 Å². The Labute approximate surface area is 373 Å². The SMILES string of the molecule is CC[C@H]1OC(=O)[C@H](C)[C@@H](O[C@H]2C[C@@](C)(OC)[C@@]3(CO3)[C@H](C)O2)[C@H](C)[C@@H](O[C@@H]2O[C@H](C)C[C@H](N)[C@H]2OC(C)=O)[C@@](C)(OC)C[C@@H](C)C(=O)[C@H](C)[C@H]2N(CCCS(C)(=O)=O)C(=O)O[C@]12C. The number of hydrogen-bond acceptors (Lipinski definition) is 17. The monoisotopic (exact) mass is 918 g/mol. The Hall–Kier alpha value is -2.49. The maximum absolute atomic E-state index is 14.9. The van der Waals surface area contributed by atoms with Crippen molar-refractivity contribution in [3.05, 3.63) is 0 Å². The van der Waals surface area contributed by atoms with Gasteiger partial charge in [-0.25, -0.2) is 13.2 Å². The molecule has 2 N–H and O–H groups in total. The highest BCUT2D eigenvalue weighted by Gasteiger charge is 2.68. The second-order valence-electron chi connectivity index (χ2n) is 19.4. The molecule has 0 aromatic heterocycles. The minimum atomic E-state index is -3.38. The summed E-state index contributed by atoms with van der Waals surface area (Å²) in [6.45, 7) is 19.6. The molecule has 19 heteroatoms. The largest absolute Gasteiger partial charge is 0.458 e. The first-order valence-corrected chi connectivity index (χ1v) is 24.5. The predicted molar refractivity (Wildman–Crippen MR) is 227 cm³/mol. The average Bonchev–Trinajstić information content (AvgIpc) is 3.97. The Morgan fingerprint density at radius 3 is 2.14 bits per heavy atom. The summed E-state index contributed by atoms with van der Waals surface area (Å²) in [6.07, 6.45) is -5.72. The van der Waals surface area contributed by atoms with Gasteiger partial charge in [-0.15, -0.1) is 0 Å². The quantitative estimate of drug-likeness (QED) is 0.167. The van der Waals surface area contributed by atoms with Crippen molar-refractivity contribution in [3.63, 3.8) is 0 Å². The van der Waals surface area contributed by atoms with E-state index in [0.29, 0.717) is 13.0 Å². The molecule has 5 fully saturated rings. The zero-order valence-corrected chi connectivity index (χ0v) is 40.5. The molecule has 0 aromatic carbocycles. The van der Waals surface area contributed by atoms with Gasteiger partial charge in [0.2, 0.25) is 0 Å². The second-order valence-corrected chi connectivity index (χ2v) is 21.7. The van der Waals surface area contributed by atoms with E-state index in [2.05, 4.69) is 0 Å². The van der Waals surface area contributed by atoms with Gasteiger partial charge in [-0.1, -0.05) is 27.7 Å². The fourth-order valence-corrected chi connectivity index (χ4v) is 11.5. The summed E-state index contributed by atoms with van der Waals surface area (Å²) in [6, 6.07) is -1.60. The molecule has 1 amide bonds. The molecular weight excluding hydrogens is 845 g/mol. The van der Waals surface area contributed by atoms with Crippen molar-refractivity contribution < 1.29 is 75.0 Å². The van der Waals surface area contributed by atoms with Gasteiger partial charge < -0.3 is 58.0 Å². The molecule has 63 heavy (non-hydrogen) atoms. The molecule has 0 aliphatic carbocycles. The standard InChI is InChI=1S/C44H74N2O16S/c1-15-31-43(11)36(46(40(50)62-43)17-16-18-63(14,51)52)25(4)33(48)23(2)20-41(9,53-12)37(61-39-35(58-29(8)47)30(45)19-24(3)56-39)26(5)34(27(6)38(49)59-31)60-32-21-42(10,54-13)44(22-55-44)28(7)57-32/h23-28,30-32,34-37,39H,15-22,45H2,1-14H3/t23-,24-,25+,26+,27-,28+,30+,31-,32+,34+,35-,36-,37-,39+,41+,42-,43-,44-/m1/s1. The number of ketones is 1. The Morgan fingerprint density at radius 2 is 1.59 bits per heavy atom. The average molecular weight is 919 g/mol. The van der Waals surface area contributed by atoms with Crippen molar-refractivity contribution in [1.29, 1.82) is 0 Å². The summed E-state index contributed by atoms with van der Waals surface area (Å²) in [7, 11) is -0.269. The summed E-state index contributed by atoms with van der Waals surface area (Å²) in [5, 5.41) is 0. The third-order valence-corrected chi connectivity index (χ3v) is 15.6. The van der Waals surface area contributed by atoms with Gasteiger partial charge in [0.15, 0.2) is 24.3 Å². The number of epoxide rings is 1. The van der Waals surface area contributed by atoms with Crippen molar-refractivity contribution in [1.82, 2.24) is 4.90 Å². The number of carbonyl (C=O) groups excluding carboxylic acids is 4. The molecule has 5 aliphatic heterocycles. The van der Waals surface area contributed by atoms with E-state index in [4.69, 9.17) is 53.1 Å². The molecule has 0 radical (unpaired) electrons. The molecule has 18 atom stereocenters. The van der Waals surface area contributed by atoms with Crippen LogP contribution in [0.15, 0.2) is 0 Å². The third kappa shape index (κ3) is 10.4. The molecule has 362 valence electrons. The Bertz CT molecular complexity index is 1780. The third-order valence-electron chi connectivity index (χ3n) is 14.6. The minimum absolute atomic E-state index is 0.0178. The van der Waals surface area contributed by atoms with E-state index in [9.17, 15) is 27.6 Å². The Kier molecular flexibility index (Phi) is 15.8. The van der Waals surface area contributed by atoms with Crippen LogP contribution in [0.4, 0.5) is 4.79 Å². The first kappa shape index (κ1) is 51.5. The van der Waals surface area contributed by atoms with Gasteiger partial charge in [0.25, 0.3) is 0 Å². The van der Waals surface area contributed by atoms with Gasteiger partial charge >= 0.3 is 18.0 Å². The number of ether oxygens (including phenoxy) is 10. The highest BCUT2D eigenvalue weighted by atomic mass is 32.2. The minimum Gasteiger partial charge on any atom is -0.458 e. The van der Waals surface area contributed by atoms with Gasteiger partial charge in [-0.2, -0.15) is 0 Å². The lowest BCUT2D eigenvalue weighted by atomic mass is 9.73. The fourth-order valence-electron chi connectivity index (χ4n) is 10.9. The zero-order chi connectivity index (χ0) is 47.2. The van der Waals surface area contributed by atoms with Gasteiger partial charge in [-0.05, 0) is 67.2 Å². The summed E-state index contributed by atoms with van der Waals surface area (Å²) in [4.78, 5) is 57.4. The van der Waals surface area contributed by atoms with Crippen LogP contribution in [0.25, 0.3) is 0 Å². The highest BCUT2D eigenvalue weighted by molar-refractivity contribution is 7.90. The molecule has 5 rings (SSSR count). The van der Waals surface area contributed by atoms with Crippen molar-refractivity contribution in [2.75, 3.05) is 39.4 Å². The van der Waals surface area contributed by atoms with Crippen LogP contribution in [0, 0.1) is 23.7 Å². The smallest absolute Gasteiger partial charge is 0.410 e. The maximum atomic E-state index is 14.9. The van der Waals surface area contributed by atoms with Gasteiger partial charge in [0, 0.05) is 64.2 Å². The summed E-state index contributed by atoms with van der Waals surface area (Å²) < 4.78 is 87.7. The molecule has 1 spiro atoms. The van der Waals surface area contributed by atoms with E-state index >= 15 is 0 Å². The van der Waals surface area contributed by atoms with E-state index in [1.807, 2.05) is 27.7 Å². The maximum Gasteiger partial charge on any atom is 0.410 e.